The number of nitriles is 1. The molecule has 3 N–H and O–H groups in total. The number of allylic oxidation sites excluding steroid dienone is 1. The van der Waals surface area contributed by atoms with Crippen molar-refractivity contribution in [3.05, 3.63) is 77.2 Å². The molecule has 4 rings (SSSR count). The third kappa shape index (κ3) is 2.93. The molecule has 1 unspecified atom stereocenters. The van der Waals surface area contributed by atoms with Crippen LogP contribution in [-0.2, 0) is 0 Å². The van der Waals surface area contributed by atoms with Crippen LogP contribution in [0.1, 0.15) is 17.0 Å². The summed E-state index contributed by atoms with van der Waals surface area (Å²) in [5.74, 6) is -0.765. The fraction of sp³-hybridized carbons (Fsp3) is 0.100. The van der Waals surface area contributed by atoms with Crippen LogP contribution in [0.2, 0.25) is 0 Å². The van der Waals surface area contributed by atoms with Gasteiger partial charge in [-0.1, -0.05) is 48.5 Å². The maximum Gasteiger partial charge on any atom is 0.387 e. The van der Waals surface area contributed by atoms with Gasteiger partial charge in [-0.25, -0.2) is 0 Å². The molecule has 140 valence electrons. The van der Waals surface area contributed by atoms with Crippen molar-refractivity contribution in [2.24, 2.45) is 5.73 Å². The van der Waals surface area contributed by atoms with Gasteiger partial charge >= 0.3 is 6.61 Å². The first-order valence-electron chi connectivity index (χ1n) is 8.35. The number of para-hydroxylation sites is 1. The number of nitrogens with two attached hydrogens (primary N) is 1. The Morgan fingerprint density at radius 3 is 2.57 bits per heavy atom. The van der Waals surface area contributed by atoms with Crippen LogP contribution in [0.15, 0.2) is 66.1 Å². The number of nitrogens with one attached hydrogen (secondary N) is 1. The predicted octanol–water partition coefficient (Wildman–Crippen LogP) is 3.90. The van der Waals surface area contributed by atoms with Crippen LogP contribution in [0.25, 0.3) is 11.3 Å². The maximum atomic E-state index is 12.9. The van der Waals surface area contributed by atoms with Gasteiger partial charge in [0.25, 0.3) is 0 Å². The fourth-order valence-electron chi connectivity index (χ4n) is 3.30. The second kappa shape index (κ2) is 7.04. The monoisotopic (exact) mass is 380 g/mol. The number of aromatic nitrogens is 2. The molecule has 1 aliphatic heterocycles. The van der Waals surface area contributed by atoms with Crippen molar-refractivity contribution in [1.29, 1.82) is 5.26 Å². The number of H-pyrrole nitrogens is 1. The lowest BCUT2D eigenvalue weighted by atomic mass is 9.82. The predicted molar refractivity (Wildman–Crippen MR) is 96.4 cm³/mol. The van der Waals surface area contributed by atoms with E-state index in [1.807, 2.05) is 36.4 Å². The molecule has 0 radical (unpaired) electrons. The number of aromatic amines is 1. The molecule has 6 nitrogen and oxygen atoms in total. The minimum absolute atomic E-state index is 0.0453. The molecule has 0 saturated carbocycles. The SMILES string of the molecule is N#CC1=C(N)Oc2n[nH]c(-c3ccccc3)c2C1c1ccccc1OC(F)F. The van der Waals surface area contributed by atoms with Crippen LogP contribution in [0.5, 0.6) is 11.6 Å². The number of rotatable bonds is 4. The molecular formula is C20H14F2N4O2. The zero-order valence-corrected chi connectivity index (χ0v) is 14.4. The zero-order chi connectivity index (χ0) is 19.7. The fourth-order valence-corrected chi connectivity index (χ4v) is 3.30. The average Bonchev–Trinajstić information content (AvgIpc) is 3.11. The van der Waals surface area contributed by atoms with Crippen LogP contribution < -0.4 is 15.2 Å². The number of hydrogen-bond acceptors (Lipinski definition) is 5. The van der Waals surface area contributed by atoms with Gasteiger partial charge in [-0.15, -0.1) is 5.10 Å². The van der Waals surface area contributed by atoms with Crippen molar-refractivity contribution in [2.75, 3.05) is 0 Å². The quantitative estimate of drug-likeness (QED) is 0.716. The molecule has 0 amide bonds. The Morgan fingerprint density at radius 1 is 1.14 bits per heavy atom. The summed E-state index contributed by atoms with van der Waals surface area (Å²) in [5.41, 5.74) is 8.32. The third-order valence-electron chi connectivity index (χ3n) is 4.45. The smallest absolute Gasteiger partial charge is 0.387 e. The molecule has 2 heterocycles. The minimum Gasteiger partial charge on any atom is -0.435 e. The van der Waals surface area contributed by atoms with E-state index in [-0.39, 0.29) is 23.1 Å². The highest BCUT2D eigenvalue weighted by Gasteiger charge is 2.37. The highest BCUT2D eigenvalue weighted by atomic mass is 19.3. The van der Waals surface area contributed by atoms with Gasteiger partial charge in [0.05, 0.1) is 17.2 Å². The Morgan fingerprint density at radius 2 is 1.86 bits per heavy atom. The van der Waals surface area contributed by atoms with E-state index in [9.17, 15) is 14.0 Å². The number of halogens is 2. The van der Waals surface area contributed by atoms with Crippen molar-refractivity contribution in [3.63, 3.8) is 0 Å². The van der Waals surface area contributed by atoms with Crippen LogP contribution >= 0.6 is 0 Å². The van der Waals surface area contributed by atoms with Crippen molar-refractivity contribution in [2.45, 2.75) is 12.5 Å². The van der Waals surface area contributed by atoms with Crippen LogP contribution in [0, 0.1) is 11.3 Å². The number of fused-ring (bicyclic) bond motifs is 1. The summed E-state index contributed by atoms with van der Waals surface area (Å²) >= 11 is 0. The summed E-state index contributed by atoms with van der Waals surface area (Å²) in [6.07, 6.45) is 0. The molecular weight excluding hydrogens is 366 g/mol. The van der Waals surface area contributed by atoms with E-state index in [0.29, 0.717) is 16.8 Å². The second-order valence-electron chi connectivity index (χ2n) is 6.02. The largest absolute Gasteiger partial charge is 0.435 e. The van der Waals surface area contributed by atoms with Crippen molar-refractivity contribution in [3.8, 4) is 29.0 Å². The average molecular weight is 380 g/mol. The number of hydrogen-bond donors (Lipinski definition) is 2. The van der Waals surface area contributed by atoms with E-state index in [2.05, 4.69) is 14.9 Å². The normalized spacial score (nSPS) is 15.7. The van der Waals surface area contributed by atoms with Gasteiger partial charge in [0.2, 0.25) is 11.8 Å². The first kappa shape index (κ1) is 17.5. The molecule has 0 saturated heterocycles. The molecule has 0 spiro atoms. The van der Waals surface area contributed by atoms with Crippen molar-refractivity contribution >= 4 is 0 Å². The summed E-state index contributed by atoms with van der Waals surface area (Å²) in [5, 5.41) is 16.8. The lowest BCUT2D eigenvalue weighted by molar-refractivity contribution is -0.0504. The molecule has 0 aliphatic carbocycles. The summed E-state index contributed by atoms with van der Waals surface area (Å²) in [6, 6.07) is 17.6. The van der Waals surface area contributed by atoms with E-state index in [1.165, 1.54) is 6.07 Å². The summed E-state index contributed by atoms with van der Waals surface area (Å²) < 4.78 is 36.1. The molecule has 8 heteroatoms. The molecule has 1 aromatic heterocycles. The molecule has 0 bridgehead atoms. The first-order valence-corrected chi connectivity index (χ1v) is 8.35. The minimum atomic E-state index is -3.01. The standard InChI is InChI=1S/C20H14F2N4O2/c21-20(22)27-14-9-5-4-8-12(14)15-13(10-23)18(24)28-19-16(15)17(25-26-19)11-6-2-1-3-7-11/h1-9,15,20H,24H2,(H,25,26). The number of ether oxygens (including phenoxy) is 2. The van der Waals surface area contributed by atoms with E-state index in [1.54, 1.807) is 18.2 Å². The highest BCUT2D eigenvalue weighted by Crippen LogP contribution is 2.47. The van der Waals surface area contributed by atoms with E-state index >= 15 is 0 Å². The van der Waals surface area contributed by atoms with Gasteiger partial charge in [-0.3, -0.25) is 5.10 Å². The van der Waals surface area contributed by atoms with Gasteiger partial charge in [0, 0.05) is 5.56 Å². The van der Waals surface area contributed by atoms with Gasteiger partial charge in [0.1, 0.15) is 17.4 Å². The van der Waals surface area contributed by atoms with Crippen molar-refractivity contribution in [1.82, 2.24) is 10.2 Å². The Balaban J connectivity index is 1.95. The van der Waals surface area contributed by atoms with Gasteiger partial charge in [-0.05, 0) is 11.6 Å². The molecule has 0 fully saturated rings. The van der Waals surface area contributed by atoms with Crippen LogP contribution in [0.4, 0.5) is 8.78 Å². The Kier molecular flexibility index (Phi) is 4.41. The van der Waals surface area contributed by atoms with Gasteiger partial charge < -0.3 is 15.2 Å². The summed E-state index contributed by atoms with van der Waals surface area (Å²) in [7, 11) is 0. The number of benzene rings is 2. The molecule has 1 aliphatic rings. The van der Waals surface area contributed by atoms with Gasteiger partial charge in [-0.2, -0.15) is 14.0 Å². The molecule has 28 heavy (non-hydrogen) atoms. The summed E-state index contributed by atoms with van der Waals surface area (Å²) in [4.78, 5) is 0. The Hall–Kier alpha value is -3.86. The van der Waals surface area contributed by atoms with E-state index in [0.717, 1.165) is 5.56 Å². The number of nitrogens with zero attached hydrogens (tertiary/aromatic N) is 2. The lowest BCUT2D eigenvalue weighted by Gasteiger charge is -2.25. The third-order valence-corrected chi connectivity index (χ3v) is 4.45. The topological polar surface area (TPSA) is 97.0 Å². The second-order valence-corrected chi connectivity index (χ2v) is 6.02. The zero-order valence-electron chi connectivity index (χ0n) is 14.4. The first-order chi connectivity index (χ1) is 13.6. The highest BCUT2D eigenvalue weighted by molar-refractivity contribution is 5.71. The Labute approximate surface area is 158 Å². The van der Waals surface area contributed by atoms with Gasteiger partial charge in [0.15, 0.2) is 0 Å². The molecule has 3 aromatic rings. The number of alkyl halides is 2. The molecule has 2 aromatic carbocycles. The summed E-state index contributed by atoms with van der Waals surface area (Å²) in [6.45, 7) is -3.01. The molecule has 1 atom stereocenters. The lowest BCUT2D eigenvalue weighted by Crippen LogP contribution is -2.21. The Bertz CT molecular complexity index is 1090. The van der Waals surface area contributed by atoms with Crippen LogP contribution in [-0.4, -0.2) is 16.8 Å². The maximum absolute atomic E-state index is 12.9. The van der Waals surface area contributed by atoms with E-state index in [4.69, 9.17) is 10.5 Å². The van der Waals surface area contributed by atoms with Crippen molar-refractivity contribution < 1.29 is 18.3 Å². The van der Waals surface area contributed by atoms with Crippen LogP contribution in [0.3, 0.4) is 0 Å². The van der Waals surface area contributed by atoms with E-state index < -0.39 is 12.5 Å².